The highest BCUT2D eigenvalue weighted by Crippen LogP contribution is 2.28. The van der Waals surface area contributed by atoms with Gasteiger partial charge in [-0.3, -0.25) is 9.59 Å². The zero-order valence-corrected chi connectivity index (χ0v) is 16.9. The largest absolute Gasteiger partial charge is 0.493 e. The first-order chi connectivity index (χ1) is 12.9. The Balaban J connectivity index is 1.70. The summed E-state index contributed by atoms with van der Waals surface area (Å²) in [5.74, 6) is 2.20. The number of ketones is 1. The zero-order valence-electron chi connectivity index (χ0n) is 16.9. The molecule has 0 saturated carbocycles. The number of likely N-dealkylation sites (tertiary alicyclic amines) is 1. The van der Waals surface area contributed by atoms with E-state index in [1.165, 1.54) is 20.5 Å². The summed E-state index contributed by atoms with van der Waals surface area (Å²) in [7, 11) is 1.51. The number of nitrogens with one attached hydrogen (secondary N) is 1. The lowest BCUT2D eigenvalue weighted by Gasteiger charge is -2.34. The number of Topliss-reactive ketones (excluding diaryl/α,β-unsaturated/α-hetero) is 1. The van der Waals surface area contributed by atoms with Crippen molar-refractivity contribution in [2.75, 3.05) is 39.9 Å². The molecule has 0 bridgehead atoms. The third-order valence-electron chi connectivity index (χ3n) is 4.85. The average Bonchev–Trinajstić information content (AvgIpc) is 2.62. The van der Waals surface area contributed by atoms with Crippen molar-refractivity contribution in [3.63, 3.8) is 0 Å². The van der Waals surface area contributed by atoms with Gasteiger partial charge in [-0.15, -0.1) is 0 Å². The molecule has 150 valence electrons. The van der Waals surface area contributed by atoms with E-state index in [9.17, 15) is 9.59 Å². The second kappa shape index (κ2) is 10.3. The van der Waals surface area contributed by atoms with Crippen LogP contribution in [0.5, 0.6) is 11.5 Å². The number of rotatable bonds is 9. The summed E-state index contributed by atoms with van der Waals surface area (Å²) in [6, 6.07) is 4.94. The number of methoxy groups -OCH3 is 1. The summed E-state index contributed by atoms with van der Waals surface area (Å²) in [5.41, 5.74) is 0.546. The molecule has 2 atom stereocenters. The third-order valence-corrected chi connectivity index (χ3v) is 4.85. The van der Waals surface area contributed by atoms with Gasteiger partial charge in [-0.05, 0) is 56.3 Å². The van der Waals surface area contributed by atoms with Gasteiger partial charge in [0, 0.05) is 25.2 Å². The lowest BCUT2D eigenvalue weighted by Crippen LogP contribution is -2.40. The molecule has 1 amide bonds. The number of amides is 1. The Kier molecular flexibility index (Phi) is 8.10. The van der Waals surface area contributed by atoms with Crippen LogP contribution in [0, 0.1) is 11.8 Å². The second-order valence-corrected chi connectivity index (χ2v) is 7.62. The molecule has 2 rings (SSSR count). The first-order valence-corrected chi connectivity index (χ1v) is 9.69. The van der Waals surface area contributed by atoms with Crippen LogP contribution in [0.1, 0.15) is 44.0 Å². The van der Waals surface area contributed by atoms with E-state index in [0.29, 0.717) is 23.6 Å². The fraction of sp³-hybridized carbons (Fsp3) is 0.619. The minimum absolute atomic E-state index is 0.0462. The molecule has 1 aromatic carbocycles. The Labute approximate surface area is 162 Å². The highest BCUT2D eigenvalue weighted by molar-refractivity contribution is 5.94. The van der Waals surface area contributed by atoms with Crippen LogP contribution in [-0.4, -0.2) is 56.5 Å². The van der Waals surface area contributed by atoms with Gasteiger partial charge in [0.1, 0.15) is 0 Å². The number of carbonyl (C=O) groups is 2. The molecule has 27 heavy (non-hydrogen) atoms. The summed E-state index contributed by atoms with van der Waals surface area (Å²) in [6.45, 7) is 9.98. The van der Waals surface area contributed by atoms with Crippen molar-refractivity contribution in [3.05, 3.63) is 23.8 Å². The van der Waals surface area contributed by atoms with Crippen LogP contribution < -0.4 is 14.8 Å². The predicted molar refractivity (Wildman–Crippen MR) is 106 cm³/mol. The number of nitrogens with zero attached hydrogens (tertiary/aromatic N) is 1. The summed E-state index contributed by atoms with van der Waals surface area (Å²) >= 11 is 0. The number of hydrogen-bond donors (Lipinski definition) is 1. The first-order valence-electron chi connectivity index (χ1n) is 9.69. The van der Waals surface area contributed by atoms with Crippen LogP contribution in [0.2, 0.25) is 0 Å². The van der Waals surface area contributed by atoms with Crippen LogP contribution in [0.4, 0.5) is 0 Å². The number of benzene rings is 1. The Hall–Kier alpha value is -2.08. The minimum Gasteiger partial charge on any atom is -0.493 e. The van der Waals surface area contributed by atoms with E-state index in [4.69, 9.17) is 9.47 Å². The van der Waals surface area contributed by atoms with Crippen molar-refractivity contribution in [1.82, 2.24) is 10.2 Å². The van der Waals surface area contributed by atoms with Crippen LogP contribution in [0.25, 0.3) is 0 Å². The van der Waals surface area contributed by atoms with Gasteiger partial charge in [0.2, 0.25) is 0 Å². The number of piperidine rings is 1. The Morgan fingerprint density at radius 2 is 1.89 bits per heavy atom. The van der Waals surface area contributed by atoms with Crippen molar-refractivity contribution in [3.8, 4) is 11.5 Å². The Morgan fingerprint density at radius 3 is 2.52 bits per heavy atom. The van der Waals surface area contributed by atoms with Crippen LogP contribution in [0.3, 0.4) is 0 Å². The van der Waals surface area contributed by atoms with E-state index in [2.05, 4.69) is 24.1 Å². The van der Waals surface area contributed by atoms with Crippen LogP contribution in [0.15, 0.2) is 18.2 Å². The van der Waals surface area contributed by atoms with E-state index >= 15 is 0 Å². The standard InChI is InChI=1S/C21H32N2O4/c1-15-10-16(2)13-23(12-15)9-5-8-22-21(25)14-27-19-7-6-18(17(3)24)11-20(19)26-4/h6-7,11,15-16H,5,8-10,12-14H2,1-4H3,(H,22,25). The Bertz CT molecular complexity index is 637. The quantitative estimate of drug-likeness (QED) is 0.530. The van der Waals surface area contributed by atoms with E-state index in [0.717, 1.165) is 37.9 Å². The van der Waals surface area contributed by atoms with Crippen molar-refractivity contribution in [2.24, 2.45) is 11.8 Å². The SMILES string of the molecule is COc1cc(C(C)=O)ccc1OCC(=O)NCCCN1CC(C)CC(C)C1. The molecular formula is C21H32N2O4. The number of ether oxygens (including phenoxy) is 2. The van der Waals surface area contributed by atoms with Crippen LogP contribution in [-0.2, 0) is 4.79 Å². The summed E-state index contributed by atoms with van der Waals surface area (Å²) in [5, 5.41) is 2.90. The van der Waals surface area contributed by atoms with Gasteiger partial charge in [-0.1, -0.05) is 13.8 Å². The predicted octanol–water partition coefficient (Wildman–Crippen LogP) is 2.76. The molecule has 1 heterocycles. The van der Waals surface area contributed by atoms with Gasteiger partial charge < -0.3 is 19.7 Å². The highest BCUT2D eigenvalue weighted by Gasteiger charge is 2.21. The monoisotopic (exact) mass is 376 g/mol. The van der Waals surface area contributed by atoms with Crippen LogP contribution >= 0.6 is 0 Å². The molecule has 1 saturated heterocycles. The molecule has 6 nitrogen and oxygen atoms in total. The van der Waals surface area contributed by atoms with Gasteiger partial charge in [0.25, 0.3) is 5.91 Å². The lowest BCUT2D eigenvalue weighted by atomic mass is 9.92. The van der Waals surface area contributed by atoms with Gasteiger partial charge in [-0.25, -0.2) is 0 Å². The molecular weight excluding hydrogens is 344 g/mol. The van der Waals surface area contributed by atoms with Crippen molar-refractivity contribution in [2.45, 2.75) is 33.6 Å². The molecule has 1 fully saturated rings. The maximum atomic E-state index is 12.0. The van der Waals surface area contributed by atoms with Crippen molar-refractivity contribution in [1.29, 1.82) is 0 Å². The molecule has 0 radical (unpaired) electrons. The molecule has 2 unspecified atom stereocenters. The topological polar surface area (TPSA) is 67.9 Å². The third kappa shape index (κ3) is 6.86. The molecule has 0 spiro atoms. The fourth-order valence-electron chi connectivity index (χ4n) is 3.71. The van der Waals surface area contributed by atoms with Crippen molar-refractivity contribution < 1.29 is 19.1 Å². The normalized spacial score (nSPS) is 20.1. The summed E-state index contributed by atoms with van der Waals surface area (Å²) < 4.78 is 10.8. The molecule has 1 aliphatic rings. The van der Waals surface area contributed by atoms with E-state index in [-0.39, 0.29) is 18.3 Å². The average molecular weight is 376 g/mol. The molecule has 1 aromatic rings. The highest BCUT2D eigenvalue weighted by atomic mass is 16.5. The van der Waals surface area contributed by atoms with Crippen molar-refractivity contribution >= 4 is 11.7 Å². The van der Waals surface area contributed by atoms with Gasteiger partial charge in [0.05, 0.1) is 7.11 Å². The number of carbonyl (C=O) groups excluding carboxylic acids is 2. The summed E-state index contributed by atoms with van der Waals surface area (Å²) in [4.78, 5) is 25.9. The molecule has 6 heteroatoms. The van der Waals surface area contributed by atoms with E-state index in [1.807, 2.05) is 0 Å². The fourth-order valence-corrected chi connectivity index (χ4v) is 3.71. The maximum absolute atomic E-state index is 12.0. The maximum Gasteiger partial charge on any atom is 0.257 e. The van der Waals surface area contributed by atoms with Gasteiger partial charge >= 0.3 is 0 Å². The smallest absolute Gasteiger partial charge is 0.257 e. The lowest BCUT2D eigenvalue weighted by molar-refractivity contribution is -0.123. The van der Waals surface area contributed by atoms with E-state index in [1.54, 1.807) is 18.2 Å². The molecule has 1 aliphatic heterocycles. The number of hydrogen-bond acceptors (Lipinski definition) is 5. The molecule has 0 aromatic heterocycles. The summed E-state index contributed by atoms with van der Waals surface area (Å²) in [6.07, 6.45) is 2.24. The first kappa shape index (κ1) is 21.2. The van der Waals surface area contributed by atoms with E-state index < -0.39 is 0 Å². The minimum atomic E-state index is -0.159. The molecule has 0 aliphatic carbocycles. The van der Waals surface area contributed by atoms with Gasteiger partial charge in [-0.2, -0.15) is 0 Å². The van der Waals surface area contributed by atoms with Gasteiger partial charge in [0.15, 0.2) is 23.9 Å². The Morgan fingerprint density at radius 1 is 1.19 bits per heavy atom. The zero-order chi connectivity index (χ0) is 19.8. The molecule has 1 N–H and O–H groups in total. The second-order valence-electron chi connectivity index (χ2n) is 7.62.